The summed E-state index contributed by atoms with van der Waals surface area (Å²) in [5.74, 6) is -2.42. The summed E-state index contributed by atoms with van der Waals surface area (Å²) < 4.78 is 12.9. The summed E-state index contributed by atoms with van der Waals surface area (Å²) in [5, 5.41) is 11.4. The van der Waals surface area contributed by atoms with E-state index in [1.54, 1.807) is 6.92 Å². The lowest BCUT2D eigenvalue weighted by Gasteiger charge is -2.11. The zero-order chi connectivity index (χ0) is 13.0. The molecule has 1 atom stereocenters. The summed E-state index contributed by atoms with van der Waals surface area (Å²) in [5.41, 5.74) is -0.133. The molecular weight excluding hydrogens is 225 g/mol. The smallest absolute Gasteiger partial charge is 0.337 e. The number of benzene rings is 1. The molecular formula is C12H14FNO3. The van der Waals surface area contributed by atoms with Crippen molar-refractivity contribution in [1.29, 1.82) is 0 Å². The Morgan fingerprint density at radius 1 is 1.47 bits per heavy atom. The van der Waals surface area contributed by atoms with Crippen LogP contribution in [-0.2, 0) is 4.79 Å². The summed E-state index contributed by atoms with van der Waals surface area (Å²) in [6, 6.07) is 3.24. The van der Waals surface area contributed by atoms with Gasteiger partial charge < -0.3 is 10.4 Å². The molecule has 0 heterocycles. The van der Waals surface area contributed by atoms with Crippen molar-refractivity contribution in [3.63, 3.8) is 0 Å². The van der Waals surface area contributed by atoms with Crippen molar-refractivity contribution in [1.82, 2.24) is 0 Å². The average molecular weight is 239 g/mol. The third-order valence-corrected chi connectivity index (χ3v) is 2.53. The number of aromatic carboxylic acids is 1. The van der Waals surface area contributed by atoms with Gasteiger partial charge in [-0.05, 0) is 24.6 Å². The maximum atomic E-state index is 12.9. The fraction of sp³-hybridized carbons (Fsp3) is 0.333. The van der Waals surface area contributed by atoms with Crippen molar-refractivity contribution in [2.75, 3.05) is 5.32 Å². The number of hydrogen-bond acceptors (Lipinski definition) is 2. The Kier molecular flexibility index (Phi) is 4.20. The van der Waals surface area contributed by atoms with Gasteiger partial charge in [0, 0.05) is 5.92 Å². The van der Waals surface area contributed by atoms with Crippen LogP contribution in [0.25, 0.3) is 0 Å². The fourth-order valence-electron chi connectivity index (χ4n) is 1.24. The van der Waals surface area contributed by atoms with Crippen molar-refractivity contribution < 1.29 is 19.1 Å². The second kappa shape index (κ2) is 5.43. The van der Waals surface area contributed by atoms with Gasteiger partial charge in [-0.15, -0.1) is 0 Å². The number of anilines is 1. The molecule has 0 aromatic heterocycles. The van der Waals surface area contributed by atoms with Gasteiger partial charge >= 0.3 is 5.97 Å². The molecule has 1 unspecified atom stereocenters. The summed E-state index contributed by atoms with van der Waals surface area (Å²) in [4.78, 5) is 22.5. The molecule has 0 aliphatic heterocycles. The number of carboxylic acid groups (broad SMARTS) is 1. The molecule has 17 heavy (non-hydrogen) atoms. The highest BCUT2D eigenvalue weighted by Crippen LogP contribution is 2.18. The van der Waals surface area contributed by atoms with E-state index in [-0.39, 0.29) is 23.1 Å². The van der Waals surface area contributed by atoms with E-state index in [9.17, 15) is 14.0 Å². The zero-order valence-electron chi connectivity index (χ0n) is 9.66. The number of nitrogens with one attached hydrogen (secondary N) is 1. The molecule has 92 valence electrons. The number of halogens is 1. The highest BCUT2D eigenvalue weighted by Gasteiger charge is 2.16. The quantitative estimate of drug-likeness (QED) is 0.848. The average Bonchev–Trinajstić information content (AvgIpc) is 2.29. The molecule has 2 N–H and O–H groups in total. The van der Waals surface area contributed by atoms with E-state index in [1.165, 1.54) is 6.07 Å². The van der Waals surface area contributed by atoms with Gasteiger partial charge in [0.1, 0.15) is 5.82 Å². The fourth-order valence-corrected chi connectivity index (χ4v) is 1.24. The van der Waals surface area contributed by atoms with E-state index < -0.39 is 11.8 Å². The minimum absolute atomic E-state index is 0.115. The third kappa shape index (κ3) is 3.27. The topological polar surface area (TPSA) is 66.4 Å². The van der Waals surface area contributed by atoms with E-state index in [1.807, 2.05) is 6.92 Å². The van der Waals surface area contributed by atoms with E-state index in [0.717, 1.165) is 12.1 Å². The number of rotatable bonds is 4. The van der Waals surface area contributed by atoms with Crippen LogP contribution in [0.2, 0.25) is 0 Å². The second-order valence-electron chi connectivity index (χ2n) is 3.79. The van der Waals surface area contributed by atoms with E-state index in [0.29, 0.717) is 6.42 Å². The summed E-state index contributed by atoms with van der Waals surface area (Å²) in [7, 11) is 0. The second-order valence-corrected chi connectivity index (χ2v) is 3.79. The molecule has 0 bridgehead atoms. The van der Waals surface area contributed by atoms with Crippen molar-refractivity contribution in [3.05, 3.63) is 29.6 Å². The van der Waals surface area contributed by atoms with Gasteiger partial charge in [-0.25, -0.2) is 9.18 Å². The highest BCUT2D eigenvalue weighted by molar-refractivity contribution is 6.01. The van der Waals surface area contributed by atoms with Crippen LogP contribution in [0, 0.1) is 11.7 Å². The van der Waals surface area contributed by atoms with E-state index in [2.05, 4.69) is 5.32 Å². The minimum atomic E-state index is -1.27. The van der Waals surface area contributed by atoms with Crippen LogP contribution in [0.1, 0.15) is 30.6 Å². The van der Waals surface area contributed by atoms with Gasteiger partial charge in [0.05, 0.1) is 11.3 Å². The first-order valence-electron chi connectivity index (χ1n) is 5.29. The van der Waals surface area contributed by atoms with Crippen LogP contribution in [0.5, 0.6) is 0 Å². The molecule has 4 nitrogen and oxygen atoms in total. The van der Waals surface area contributed by atoms with Gasteiger partial charge in [-0.1, -0.05) is 13.8 Å². The Bertz CT molecular complexity index is 445. The van der Waals surface area contributed by atoms with Crippen LogP contribution < -0.4 is 5.32 Å². The minimum Gasteiger partial charge on any atom is -0.478 e. The molecule has 0 fully saturated rings. The standard InChI is InChI=1S/C12H14FNO3/c1-3-7(2)11(15)14-10-5-4-8(13)6-9(10)12(16)17/h4-7H,3H2,1-2H3,(H,14,15)(H,16,17). The van der Waals surface area contributed by atoms with Gasteiger partial charge in [-0.2, -0.15) is 0 Å². The lowest BCUT2D eigenvalue weighted by atomic mass is 10.1. The molecule has 0 aliphatic rings. The van der Waals surface area contributed by atoms with Crippen LogP contribution in [0.15, 0.2) is 18.2 Å². The van der Waals surface area contributed by atoms with Crippen molar-refractivity contribution in [2.45, 2.75) is 20.3 Å². The normalized spacial score (nSPS) is 11.9. The third-order valence-electron chi connectivity index (χ3n) is 2.53. The molecule has 5 heteroatoms. The molecule has 1 aromatic rings. The molecule has 1 amide bonds. The Morgan fingerprint density at radius 2 is 2.12 bits per heavy atom. The summed E-state index contributed by atoms with van der Waals surface area (Å²) in [6.45, 7) is 3.59. The Morgan fingerprint density at radius 3 is 2.65 bits per heavy atom. The van der Waals surface area contributed by atoms with E-state index in [4.69, 9.17) is 5.11 Å². The van der Waals surface area contributed by atoms with Gasteiger partial charge in [0.25, 0.3) is 0 Å². The van der Waals surface area contributed by atoms with Crippen LogP contribution in [0.3, 0.4) is 0 Å². The maximum absolute atomic E-state index is 12.9. The number of carboxylic acids is 1. The van der Waals surface area contributed by atoms with Crippen molar-refractivity contribution >= 4 is 17.6 Å². The molecule has 0 saturated carbocycles. The first kappa shape index (κ1) is 13.2. The molecule has 0 aliphatic carbocycles. The maximum Gasteiger partial charge on any atom is 0.337 e. The largest absolute Gasteiger partial charge is 0.478 e. The van der Waals surface area contributed by atoms with Crippen LogP contribution >= 0.6 is 0 Å². The number of carbonyl (C=O) groups excluding carboxylic acids is 1. The Labute approximate surface area is 98.5 Å². The van der Waals surface area contributed by atoms with Gasteiger partial charge in [-0.3, -0.25) is 4.79 Å². The zero-order valence-corrected chi connectivity index (χ0v) is 9.66. The van der Waals surface area contributed by atoms with Crippen LogP contribution in [0.4, 0.5) is 10.1 Å². The lowest BCUT2D eigenvalue weighted by Crippen LogP contribution is -2.21. The predicted molar refractivity (Wildman–Crippen MR) is 61.4 cm³/mol. The molecule has 0 radical (unpaired) electrons. The number of hydrogen-bond donors (Lipinski definition) is 2. The predicted octanol–water partition coefficient (Wildman–Crippen LogP) is 2.51. The van der Waals surface area contributed by atoms with E-state index >= 15 is 0 Å². The van der Waals surface area contributed by atoms with Crippen LogP contribution in [-0.4, -0.2) is 17.0 Å². The first-order chi connectivity index (χ1) is 7.95. The van der Waals surface area contributed by atoms with Gasteiger partial charge in [0.2, 0.25) is 5.91 Å². The first-order valence-corrected chi connectivity index (χ1v) is 5.29. The number of amides is 1. The summed E-state index contributed by atoms with van der Waals surface area (Å²) >= 11 is 0. The monoisotopic (exact) mass is 239 g/mol. The SMILES string of the molecule is CCC(C)C(=O)Nc1ccc(F)cc1C(=O)O. The number of carbonyl (C=O) groups is 2. The molecule has 0 spiro atoms. The Balaban J connectivity index is 2.98. The van der Waals surface area contributed by atoms with Crippen molar-refractivity contribution in [2.24, 2.45) is 5.92 Å². The van der Waals surface area contributed by atoms with Crippen molar-refractivity contribution in [3.8, 4) is 0 Å². The highest BCUT2D eigenvalue weighted by atomic mass is 19.1. The molecule has 1 rings (SSSR count). The van der Waals surface area contributed by atoms with Gasteiger partial charge in [0.15, 0.2) is 0 Å². The lowest BCUT2D eigenvalue weighted by molar-refractivity contribution is -0.119. The molecule has 1 aromatic carbocycles. The Hall–Kier alpha value is -1.91. The summed E-state index contributed by atoms with van der Waals surface area (Å²) in [6.07, 6.45) is 0.648. The molecule has 0 saturated heterocycles.